The standard InChI is InChI=1S/C12H10F3N3O2/c1-20-11(19)8-2-3-9(16-6-8)7-18-5-4-10(17-18)12(13,14)15/h2-6H,7H2,1H3. The van der Waals surface area contributed by atoms with Crippen molar-refractivity contribution in [1.29, 1.82) is 0 Å². The van der Waals surface area contributed by atoms with Gasteiger partial charge in [-0.1, -0.05) is 0 Å². The molecule has 106 valence electrons. The first kappa shape index (κ1) is 14.0. The van der Waals surface area contributed by atoms with Crippen LogP contribution >= 0.6 is 0 Å². The molecule has 0 bridgehead atoms. The van der Waals surface area contributed by atoms with Crippen LogP contribution < -0.4 is 0 Å². The van der Waals surface area contributed by atoms with Crippen molar-refractivity contribution in [2.24, 2.45) is 0 Å². The molecule has 0 saturated heterocycles. The van der Waals surface area contributed by atoms with E-state index >= 15 is 0 Å². The fraction of sp³-hybridized carbons (Fsp3) is 0.250. The molecule has 5 nitrogen and oxygen atoms in total. The maximum absolute atomic E-state index is 12.4. The van der Waals surface area contributed by atoms with Crippen molar-refractivity contribution in [2.75, 3.05) is 7.11 Å². The van der Waals surface area contributed by atoms with E-state index in [0.29, 0.717) is 5.69 Å². The molecule has 2 aromatic rings. The molecule has 0 atom stereocenters. The quantitative estimate of drug-likeness (QED) is 0.811. The van der Waals surface area contributed by atoms with Crippen molar-refractivity contribution in [3.8, 4) is 0 Å². The zero-order chi connectivity index (χ0) is 14.8. The predicted molar refractivity (Wildman–Crippen MR) is 61.9 cm³/mol. The Morgan fingerprint density at radius 3 is 2.60 bits per heavy atom. The van der Waals surface area contributed by atoms with Crippen LogP contribution in [-0.4, -0.2) is 27.8 Å². The number of ether oxygens (including phenoxy) is 1. The van der Waals surface area contributed by atoms with Crippen LogP contribution in [0.5, 0.6) is 0 Å². The summed E-state index contributed by atoms with van der Waals surface area (Å²) >= 11 is 0. The molecule has 0 aromatic carbocycles. The Labute approximate surface area is 112 Å². The Balaban J connectivity index is 2.10. The van der Waals surface area contributed by atoms with Crippen molar-refractivity contribution in [3.63, 3.8) is 0 Å². The van der Waals surface area contributed by atoms with Gasteiger partial charge in [0.1, 0.15) is 0 Å². The summed E-state index contributed by atoms with van der Waals surface area (Å²) in [5.41, 5.74) is -0.203. The molecule has 0 N–H and O–H groups in total. The fourth-order valence-electron chi connectivity index (χ4n) is 1.52. The summed E-state index contributed by atoms with van der Waals surface area (Å²) in [6.07, 6.45) is -1.94. The first-order valence-electron chi connectivity index (χ1n) is 5.54. The normalized spacial score (nSPS) is 11.4. The topological polar surface area (TPSA) is 57.0 Å². The van der Waals surface area contributed by atoms with Crippen molar-refractivity contribution >= 4 is 5.97 Å². The molecular formula is C12H10F3N3O2. The molecule has 0 radical (unpaired) electrons. The third kappa shape index (κ3) is 3.14. The molecule has 2 heterocycles. The molecule has 0 aliphatic heterocycles. The van der Waals surface area contributed by atoms with Crippen molar-refractivity contribution in [3.05, 3.63) is 47.5 Å². The van der Waals surface area contributed by atoms with Gasteiger partial charge in [-0.2, -0.15) is 18.3 Å². The lowest BCUT2D eigenvalue weighted by molar-refractivity contribution is -0.141. The van der Waals surface area contributed by atoms with E-state index in [1.807, 2.05) is 0 Å². The smallest absolute Gasteiger partial charge is 0.435 e. The van der Waals surface area contributed by atoms with Gasteiger partial charge < -0.3 is 4.74 Å². The molecule has 0 fully saturated rings. The van der Waals surface area contributed by atoms with Gasteiger partial charge in [0.2, 0.25) is 0 Å². The van der Waals surface area contributed by atoms with Gasteiger partial charge in [-0.05, 0) is 18.2 Å². The second-order valence-corrected chi connectivity index (χ2v) is 3.93. The largest absolute Gasteiger partial charge is 0.465 e. The second-order valence-electron chi connectivity index (χ2n) is 3.93. The highest BCUT2D eigenvalue weighted by Crippen LogP contribution is 2.27. The van der Waals surface area contributed by atoms with Gasteiger partial charge in [0, 0.05) is 12.4 Å². The summed E-state index contributed by atoms with van der Waals surface area (Å²) in [6.45, 7) is 0.0809. The van der Waals surface area contributed by atoms with Crippen LogP contribution in [0, 0.1) is 0 Å². The minimum Gasteiger partial charge on any atom is -0.465 e. The Morgan fingerprint density at radius 1 is 1.35 bits per heavy atom. The van der Waals surface area contributed by atoms with E-state index in [4.69, 9.17) is 0 Å². The molecule has 2 rings (SSSR count). The van der Waals surface area contributed by atoms with Gasteiger partial charge in [0.15, 0.2) is 5.69 Å². The Morgan fingerprint density at radius 2 is 2.10 bits per heavy atom. The molecule has 0 unspecified atom stereocenters. The fourth-order valence-corrected chi connectivity index (χ4v) is 1.52. The molecule has 0 aliphatic rings. The number of nitrogens with zero attached hydrogens (tertiary/aromatic N) is 3. The molecule has 0 saturated carbocycles. The first-order valence-corrected chi connectivity index (χ1v) is 5.54. The predicted octanol–water partition coefficient (Wildman–Crippen LogP) is 2.13. The van der Waals surface area contributed by atoms with Gasteiger partial charge in [-0.25, -0.2) is 4.79 Å². The lowest BCUT2D eigenvalue weighted by Gasteiger charge is -2.04. The number of rotatable bonds is 3. The first-order chi connectivity index (χ1) is 9.40. The number of methoxy groups -OCH3 is 1. The number of alkyl halides is 3. The maximum Gasteiger partial charge on any atom is 0.435 e. The van der Waals surface area contributed by atoms with E-state index in [-0.39, 0.29) is 12.1 Å². The lowest BCUT2D eigenvalue weighted by atomic mass is 10.2. The number of esters is 1. The highest BCUT2D eigenvalue weighted by atomic mass is 19.4. The number of pyridine rings is 1. The second kappa shape index (κ2) is 5.32. The van der Waals surface area contributed by atoms with Gasteiger partial charge >= 0.3 is 12.1 Å². The monoisotopic (exact) mass is 285 g/mol. The molecule has 20 heavy (non-hydrogen) atoms. The van der Waals surface area contributed by atoms with Gasteiger partial charge in [-0.3, -0.25) is 9.67 Å². The number of hydrogen-bond acceptors (Lipinski definition) is 4. The van der Waals surface area contributed by atoms with Crippen molar-refractivity contribution in [1.82, 2.24) is 14.8 Å². The zero-order valence-corrected chi connectivity index (χ0v) is 10.4. The van der Waals surface area contributed by atoms with Crippen LogP contribution in [0.25, 0.3) is 0 Å². The van der Waals surface area contributed by atoms with E-state index < -0.39 is 17.8 Å². The molecule has 0 amide bonds. The SMILES string of the molecule is COC(=O)c1ccc(Cn2ccc(C(F)(F)F)n2)nc1. The third-order valence-corrected chi connectivity index (χ3v) is 2.50. The maximum atomic E-state index is 12.4. The summed E-state index contributed by atoms with van der Waals surface area (Å²) in [6, 6.07) is 3.91. The Kier molecular flexibility index (Phi) is 3.73. The average molecular weight is 285 g/mol. The number of carbonyl (C=O) groups is 1. The molecule has 0 spiro atoms. The average Bonchev–Trinajstić information content (AvgIpc) is 2.87. The molecular weight excluding hydrogens is 275 g/mol. The van der Waals surface area contributed by atoms with Crippen LogP contribution in [0.3, 0.4) is 0 Å². The summed E-state index contributed by atoms with van der Waals surface area (Å²) in [4.78, 5) is 15.2. The van der Waals surface area contributed by atoms with Crippen molar-refractivity contribution in [2.45, 2.75) is 12.7 Å². The number of hydrogen-bond donors (Lipinski definition) is 0. The highest BCUT2D eigenvalue weighted by molar-refractivity contribution is 5.88. The highest BCUT2D eigenvalue weighted by Gasteiger charge is 2.33. The van der Waals surface area contributed by atoms with Gasteiger partial charge in [0.05, 0.1) is 24.9 Å². The number of carbonyl (C=O) groups excluding carboxylic acids is 1. The third-order valence-electron chi connectivity index (χ3n) is 2.50. The molecule has 8 heteroatoms. The van der Waals surface area contributed by atoms with E-state index in [1.165, 1.54) is 31.6 Å². The van der Waals surface area contributed by atoms with Crippen LogP contribution in [0.1, 0.15) is 21.7 Å². The van der Waals surface area contributed by atoms with E-state index in [9.17, 15) is 18.0 Å². The molecule has 2 aromatic heterocycles. The van der Waals surface area contributed by atoms with E-state index in [1.54, 1.807) is 0 Å². The van der Waals surface area contributed by atoms with Crippen LogP contribution in [0.4, 0.5) is 13.2 Å². The van der Waals surface area contributed by atoms with Crippen LogP contribution in [0.2, 0.25) is 0 Å². The lowest BCUT2D eigenvalue weighted by Crippen LogP contribution is -2.09. The molecule has 0 aliphatic carbocycles. The zero-order valence-electron chi connectivity index (χ0n) is 10.4. The number of halogens is 3. The summed E-state index contributed by atoms with van der Waals surface area (Å²) < 4.78 is 42.8. The Hall–Kier alpha value is -2.38. The van der Waals surface area contributed by atoms with E-state index in [0.717, 1.165) is 10.7 Å². The van der Waals surface area contributed by atoms with E-state index in [2.05, 4.69) is 14.8 Å². The summed E-state index contributed by atoms with van der Waals surface area (Å²) in [7, 11) is 1.25. The number of aromatic nitrogens is 3. The van der Waals surface area contributed by atoms with Crippen LogP contribution in [0.15, 0.2) is 30.6 Å². The van der Waals surface area contributed by atoms with Crippen molar-refractivity contribution < 1.29 is 22.7 Å². The summed E-state index contributed by atoms with van der Waals surface area (Å²) in [5, 5.41) is 3.41. The summed E-state index contributed by atoms with van der Waals surface area (Å²) in [5.74, 6) is -0.525. The Bertz CT molecular complexity index is 605. The van der Waals surface area contributed by atoms with Crippen LogP contribution in [-0.2, 0) is 17.5 Å². The van der Waals surface area contributed by atoms with Gasteiger partial charge in [0.25, 0.3) is 0 Å². The minimum absolute atomic E-state index is 0.0809. The van der Waals surface area contributed by atoms with Gasteiger partial charge in [-0.15, -0.1) is 0 Å². The minimum atomic E-state index is -4.46.